The van der Waals surface area contributed by atoms with Gasteiger partial charge < -0.3 is 5.11 Å². The topological polar surface area (TPSA) is 37.3 Å². The van der Waals surface area contributed by atoms with Gasteiger partial charge in [-0.15, -0.1) is 0 Å². The summed E-state index contributed by atoms with van der Waals surface area (Å²) in [6.45, 7) is 1.11. The SMILES string of the molecule is C[C@](F)(C(=O)c1ccccc1)[C@@H](O)c1ccc(Br)cc1. The van der Waals surface area contributed by atoms with E-state index in [0.29, 0.717) is 5.56 Å². The van der Waals surface area contributed by atoms with Gasteiger partial charge >= 0.3 is 0 Å². The number of aliphatic hydroxyl groups excluding tert-OH is 1. The zero-order chi connectivity index (χ0) is 14.8. The lowest BCUT2D eigenvalue weighted by molar-refractivity contribution is 0.00963. The number of carbonyl (C=O) groups excluding carboxylic acids is 1. The van der Waals surface area contributed by atoms with Crippen LogP contribution in [0.15, 0.2) is 59.1 Å². The molecule has 2 nitrogen and oxygen atoms in total. The van der Waals surface area contributed by atoms with E-state index >= 15 is 0 Å². The third-order valence-corrected chi connectivity index (χ3v) is 3.71. The average Bonchev–Trinajstić information content (AvgIpc) is 2.47. The van der Waals surface area contributed by atoms with Crippen molar-refractivity contribution in [2.75, 3.05) is 0 Å². The summed E-state index contributed by atoms with van der Waals surface area (Å²) in [6.07, 6.45) is -1.51. The molecule has 0 bridgehead atoms. The highest BCUT2D eigenvalue weighted by Gasteiger charge is 2.42. The Kier molecular flexibility index (Phi) is 4.35. The van der Waals surface area contributed by atoms with Gasteiger partial charge in [-0.1, -0.05) is 58.4 Å². The Labute approximate surface area is 125 Å². The van der Waals surface area contributed by atoms with Gasteiger partial charge in [0.1, 0.15) is 6.10 Å². The number of rotatable bonds is 4. The van der Waals surface area contributed by atoms with E-state index in [4.69, 9.17) is 0 Å². The second kappa shape index (κ2) is 5.85. The molecule has 0 spiro atoms. The molecular weight excluding hydrogens is 323 g/mol. The number of hydrogen-bond donors (Lipinski definition) is 1. The lowest BCUT2D eigenvalue weighted by Gasteiger charge is -2.25. The minimum Gasteiger partial charge on any atom is -0.385 e. The van der Waals surface area contributed by atoms with Gasteiger partial charge in [-0.05, 0) is 24.6 Å². The molecule has 0 amide bonds. The molecule has 0 fully saturated rings. The van der Waals surface area contributed by atoms with Gasteiger partial charge in [-0.25, -0.2) is 4.39 Å². The van der Waals surface area contributed by atoms with E-state index in [1.165, 1.54) is 12.1 Å². The highest BCUT2D eigenvalue weighted by molar-refractivity contribution is 9.10. The largest absolute Gasteiger partial charge is 0.385 e. The van der Waals surface area contributed by atoms with E-state index in [-0.39, 0.29) is 5.56 Å². The van der Waals surface area contributed by atoms with Crippen LogP contribution >= 0.6 is 15.9 Å². The quantitative estimate of drug-likeness (QED) is 0.853. The number of hydrogen-bond acceptors (Lipinski definition) is 2. The summed E-state index contributed by atoms with van der Waals surface area (Å²) < 4.78 is 15.6. The lowest BCUT2D eigenvalue weighted by Crippen LogP contribution is -2.37. The first-order chi connectivity index (χ1) is 9.43. The van der Waals surface area contributed by atoms with Crippen LogP contribution in [0.3, 0.4) is 0 Å². The number of halogens is 2. The number of alkyl halides is 1. The number of Topliss-reactive ketones (excluding diaryl/α,β-unsaturated/α-hetero) is 1. The molecule has 2 aromatic carbocycles. The van der Waals surface area contributed by atoms with E-state index in [2.05, 4.69) is 15.9 Å². The van der Waals surface area contributed by atoms with Crippen LogP contribution in [0.5, 0.6) is 0 Å². The first kappa shape index (κ1) is 14.9. The summed E-state index contributed by atoms with van der Waals surface area (Å²) in [5.41, 5.74) is -1.77. The molecule has 1 N–H and O–H groups in total. The van der Waals surface area contributed by atoms with Crippen molar-refractivity contribution in [3.63, 3.8) is 0 Å². The zero-order valence-corrected chi connectivity index (χ0v) is 12.5. The van der Waals surface area contributed by atoms with Crippen LogP contribution in [0.25, 0.3) is 0 Å². The molecule has 0 saturated carbocycles. The summed E-state index contributed by atoms with van der Waals surface area (Å²) in [5.74, 6) is -0.728. The Morgan fingerprint density at radius 2 is 1.70 bits per heavy atom. The molecule has 2 atom stereocenters. The van der Waals surface area contributed by atoms with E-state index in [9.17, 15) is 14.3 Å². The molecular formula is C16H14BrFO2. The van der Waals surface area contributed by atoms with Gasteiger partial charge in [-0.3, -0.25) is 4.79 Å². The molecule has 0 aliphatic heterocycles. The van der Waals surface area contributed by atoms with Gasteiger partial charge in [0.05, 0.1) is 0 Å². The van der Waals surface area contributed by atoms with Crippen molar-refractivity contribution in [3.8, 4) is 0 Å². The Morgan fingerprint density at radius 1 is 1.15 bits per heavy atom. The first-order valence-electron chi connectivity index (χ1n) is 6.15. The normalized spacial score (nSPS) is 15.4. The van der Waals surface area contributed by atoms with Crippen LogP contribution in [0, 0.1) is 0 Å². The van der Waals surface area contributed by atoms with Crippen LogP contribution in [0.4, 0.5) is 4.39 Å². The minimum atomic E-state index is -2.38. The average molecular weight is 337 g/mol. The molecule has 2 aromatic rings. The van der Waals surface area contributed by atoms with Crippen molar-refractivity contribution in [3.05, 3.63) is 70.2 Å². The van der Waals surface area contributed by atoms with Crippen molar-refractivity contribution in [2.45, 2.75) is 18.7 Å². The summed E-state index contributed by atoms with van der Waals surface area (Å²) >= 11 is 3.27. The molecule has 0 aromatic heterocycles. The monoisotopic (exact) mass is 336 g/mol. The molecule has 0 aliphatic rings. The fourth-order valence-electron chi connectivity index (χ4n) is 1.95. The van der Waals surface area contributed by atoms with Crippen LogP contribution in [-0.4, -0.2) is 16.6 Å². The molecule has 0 aliphatic carbocycles. The molecule has 4 heteroatoms. The van der Waals surface area contributed by atoms with Crippen molar-refractivity contribution >= 4 is 21.7 Å². The Balaban J connectivity index is 2.29. The second-order valence-electron chi connectivity index (χ2n) is 4.72. The second-order valence-corrected chi connectivity index (χ2v) is 5.64. The molecule has 0 heterocycles. The number of carbonyl (C=O) groups is 1. The molecule has 0 radical (unpaired) electrons. The Hall–Kier alpha value is -1.52. The maximum atomic E-state index is 14.7. The maximum Gasteiger partial charge on any atom is 0.202 e. The Bertz CT molecular complexity index is 594. The van der Waals surface area contributed by atoms with Crippen molar-refractivity contribution in [2.24, 2.45) is 0 Å². The summed E-state index contributed by atoms with van der Waals surface area (Å²) in [5, 5.41) is 10.2. The summed E-state index contributed by atoms with van der Waals surface area (Å²) in [4.78, 5) is 12.2. The zero-order valence-electron chi connectivity index (χ0n) is 10.9. The first-order valence-corrected chi connectivity index (χ1v) is 6.94. The number of aliphatic hydroxyl groups is 1. The lowest BCUT2D eigenvalue weighted by atomic mass is 9.87. The summed E-state index contributed by atoms with van der Waals surface area (Å²) in [6, 6.07) is 14.7. The molecule has 0 saturated heterocycles. The van der Waals surface area contributed by atoms with E-state index in [1.807, 2.05) is 0 Å². The van der Waals surface area contributed by atoms with Crippen LogP contribution in [0.1, 0.15) is 28.9 Å². The van der Waals surface area contributed by atoms with E-state index < -0.39 is 17.6 Å². The highest BCUT2D eigenvalue weighted by Crippen LogP contribution is 2.33. The van der Waals surface area contributed by atoms with Crippen molar-refractivity contribution in [1.29, 1.82) is 0 Å². The van der Waals surface area contributed by atoms with Gasteiger partial charge in [0.15, 0.2) is 5.67 Å². The fourth-order valence-corrected chi connectivity index (χ4v) is 2.22. The maximum absolute atomic E-state index is 14.7. The smallest absolute Gasteiger partial charge is 0.202 e. The van der Waals surface area contributed by atoms with E-state index in [1.54, 1.807) is 42.5 Å². The van der Waals surface area contributed by atoms with Crippen LogP contribution in [-0.2, 0) is 0 Å². The molecule has 104 valence electrons. The fraction of sp³-hybridized carbons (Fsp3) is 0.188. The summed E-state index contributed by atoms with van der Waals surface area (Å²) in [7, 11) is 0. The van der Waals surface area contributed by atoms with Crippen molar-refractivity contribution in [1.82, 2.24) is 0 Å². The predicted octanol–water partition coefficient (Wildman–Crippen LogP) is 4.09. The number of benzene rings is 2. The van der Waals surface area contributed by atoms with E-state index in [0.717, 1.165) is 11.4 Å². The van der Waals surface area contributed by atoms with Gasteiger partial charge in [0, 0.05) is 10.0 Å². The highest BCUT2D eigenvalue weighted by atomic mass is 79.9. The van der Waals surface area contributed by atoms with Crippen molar-refractivity contribution < 1.29 is 14.3 Å². The number of ketones is 1. The Morgan fingerprint density at radius 3 is 2.25 bits per heavy atom. The van der Waals surface area contributed by atoms with Gasteiger partial charge in [-0.2, -0.15) is 0 Å². The molecule has 0 unspecified atom stereocenters. The predicted molar refractivity (Wildman–Crippen MR) is 79.4 cm³/mol. The molecule has 2 rings (SSSR count). The van der Waals surface area contributed by atoms with Gasteiger partial charge in [0.2, 0.25) is 5.78 Å². The third kappa shape index (κ3) is 2.97. The minimum absolute atomic E-state index is 0.244. The third-order valence-electron chi connectivity index (χ3n) is 3.18. The van der Waals surface area contributed by atoms with Crippen LogP contribution < -0.4 is 0 Å². The van der Waals surface area contributed by atoms with Gasteiger partial charge in [0.25, 0.3) is 0 Å². The molecule has 20 heavy (non-hydrogen) atoms. The standard InChI is InChI=1S/C16H14BrFO2/c1-16(18,14(19)11-5-3-2-4-6-11)15(20)12-7-9-13(17)10-8-12/h2-10,15,20H,1H3/t15-,16-/m0/s1. The van der Waals surface area contributed by atoms with Crippen LogP contribution in [0.2, 0.25) is 0 Å².